The Morgan fingerprint density at radius 2 is 0.737 bits per heavy atom. The minimum Gasteiger partial charge on any atom is -0.288 e. The predicted octanol–water partition coefficient (Wildman–Crippen LogP) is 6.89. The number of hydrogen-bond acceptors (Lipinski definition) is 0. The van der Waals surface area contributed by atoms with E-state index in [1.54, 1.807) is 16.3 Å². The quantitative estimate of drug-likeness (QED) is 0.256. The maximum Gasteiger partial charge on any atom is 1.00 e. The molecule has 0 aliphatic rings. The van der Waals surface area contributed by atoms with Gasteiger partial charge in [0.15, 0.2) is 0 Å². The zero-order chi connectivity index (χ0) is 27.6. The summed E-state index contributed by atoms with van der Waals surface area (Å²) < 4.78 is 0. The van der Waals surface area contributed by atoms with Crippen molar-refractivity contribution in [2.24, 2.45) is 0 Å². The van der Waals surface area contributed by atoms with E-state index in [0.29, 0.717) is 23.7 Å². The van der Waals surface area contributed by atoms with Crippen LogP contribution in [0.5, 0.6) is 0 Å². The van der Waals surface area contributed by atoms with E-state index < -0.39 is 24.5 Å². The minimum absolute atomic E-state index is 0. The standard InChI is InChI=1S/C34H49Si3.Li/c1-22(2)26-16-13-17-27(23(3)4)32(26)30-20-15-21-31(34(30)37(35(9)10)36(11)12)33-28(24(5)6)18-14-19-29(33)25(7)8;/h13-25H,1-12H3;/q-1;+1. The Morgan fingerprint density at radius 1 is 0.474 bits per heavy atom. The first-order valence-corrected chi connectivity index (χ1v) is 22.8. The van der Waals surface area contributed by atoms with Gasteiger partial charge in [-0.15, -0.1) is 16.6 Å². The molecule has 0 nitrogen and oxygen atoms in total. The van der Waals surface area contributed by atoms with Gasteiger partial charge in [0.05, 0.1) is 0 Å². The molecule has 0 fully saturated rings. The summed E-state index contributed by atoms with van der Waals surface area (Å²) in [5.74, 6) is 1.99. The largest absolute Gasteiger partial charge is 1.00 e. The molecule has 198 valence electrons. The second-order valence-corrected chi connectivity index (χ2v) is 28.1. The summed E-state index contributed by atoms with van der Waals surface area (Å²) in [5, 5.41) is 1.75. The van der Waals surface area contributed by atoms with Crippen LogP contribution >= 0.6 is 0 Å². The fraction of sp³-hybridized carbons (Fsp3) is 0.471. The van der Waals surface area contributed by atoms with Crippen LogP contribution in [-0.4, -0.2) is 24.5 Å². The number of hydrogen-bond donors (Lipinski definition) is 0. The van der Waals surface area contributed by atoms with E-state index in [4.69, 9.17) is 0 Å². The number of benzene rings is 3. The molecule has 0 bridgehead atoms. The molecule has 0 aromatic heterocycles. The first-order chi connectivity index (χ1) is 17.4. The van der Waals surface area contributed by atoms with Crippen molar-refractivity contribution in [3.63, 3.8) is 0 Å². The molecule has 0 atom stereocenters. The van der Waals surface area contributed by atoms with Crippen molar-refractivity contribution in [1.82, 2.24) is 0 Å². The molecule has 0 spiro atoms. The molecule has 3 aromatic rings. The van der Waals surface area contributed by atoms with E-state index in [2.05, 4.69) is 136 Å². The number of rotatable bonds is 9. The normalized spacial score (nSPS) is 11.8. The van der Waals surface area contributed by atoms with Gasteiger partial charge in [-0.1, -0.05) is 136 Å². The van der Waals surface area contributed by atoms with Crippen LogP contribution in [-0.2, 0) is 0 Å². The summed E-state index contributed by atoms with van der Waals surface area (Å²) in [6.07, 6.45) is 0. The molecule has 0 N–H and O–H groups in total. The van der Waals surface area contributed by atoms with Gasteiger partial charge in [0.1, 0.15) is 0 Å². The Bertz CT molecular complexity index is 1070. The maximum absolute atomic E-state index is 2.59. The smallest absolute Gasteiger partial charge is 0.288 e. The molecule has 0 aliphatic heterocycles. The molecular weight excluding hydrogens is 500 g/mol. The van der Waals surface area contributed by atoms with Crippen LogP contribution in [0.25, 0.3) is 22.3 Å². The summed E-state index contributed by atoms with van der Waals surface area (Å²) in [4.78, 5) is 0. The summed E-state index contributed by atoms with van der Waals surface area (Å²) in [7, 11) is -1.61. The Hall–Kier alpha value is -1.09. The van der Waals surface area contributed by atoms with E-state index in [-0.39, 0.29) is 18.9 Å². The summed E-state index contributed by atoms with van der Waals surface area (Å²) in [6, 6.07) is 21.5. The molecule has 0 heterocycles. The molecule has 2 radical (unpaired) electrons. The van der Waals surface area contributed by atoms with E-state index >= 15 is 0 Å². The van der Waals surface area contributed by atoms with Gasteiger partial charge < -0.3 is 0 Å². The topological polar surface area (TPSA) is 0 Å². The minimum atomic E-state index is -0.673. The van der Waals surface area contributed by atoms with Crippen LogP contribution in [0, 0.1) is 0 Å². The average Bonchev–Trinajstić information content (AvgIpc) is 2.82. The molecule has 3 rings (SSSR count). The summed E-state index contributed by atoms with van der Waals surface area (Å²) >= 11 is 0. The molecule has 38 heavy (non-hydrogen) atoms. The predicted molar refractivity (Wildman–Crippen MR) is 174 cm³/mol. The Morgan fingerprint density at radius 3 is 0.974 bits per heavy atom. The molecule has 0 unspecified atom stereocenters. The van der Waals surface area contributed by atoms with Gasteiger partial charge in [0.25, 0.3) is 0 Å². The van der Waals surface area contributed by atoms with Crippen molar-refractivity contribution in [3.05, 3.63) is 76.9 Å². The Kier molecular flexibility index (Phi) is 12.2. The van der Waals surface area contributed by atoms with E-state index in [1.807, 2.05) is 0 Å². The monoisotopic (exact) mass is 548 g/mol. The van der Waals surface area contributed by atoms with Gasteiger partial charge in [-0.25, -0.2) is 0 Å². The van der Waals surface area contributed by atoms with E-state index in [1.165, 1.54) is 33.4 Å². The van der Waals surface area contributed by atoms with E-state index in [9.17, 15) is 0 Å². The van der Waals surface area contributed by atoms with Crippen molar-refractivity contribution in [2.45, 2.75) is 105 Å². The Balaban J connectivity index is 0.00000507. The third-order valence-corrected chi connectivity index (χ3v) is 27.1. The molecule has 0 saturated carbocycles. The van der Waals surface area contributed by atoms with Crippen LogP contribution in [0.2, 0.25) is 26.2 Å². The van der Waals surface area contributed by atoms with Crippen molar-refractivity contribution in [2.75, 3.05) is 0 Å². The molecule has 4 heteroatoms. The molecule has 0 saturated heterocycles. The summed E-state index contributed by atoms with van der Waals surface area (Å²) in [5.41, 5.74) is 12.2. The third kappa shape index (κ3) is 6.79. The van der Waals surface area contributed by atoms with Gasteiger partial charge in [0.2, 0.25) is 0 Å². The molecule has 0 amide bonds. The Labute approximate surface area is 251 Å². The fourth-order valence-electron chi connectivity index (χ4n) is 5.96. The van der Waals surface area contributed by atoms with Gasteiger partial charge in [-0.05, 0) is 68.2 Å². The van der Waals surface area contributed by atoms with Gasteiger partial charge >= 0.3 is 18.9 Å². The summed E-state index contributed by atoms with van der Waals surface area (Å²) in [6.45, 7) is 29.3. The first kappa shape index (κ1) is 33.1. The van der Waals surface area contributed by atoms with Gasteiger partial charge in [0, 0.05) is 0 Å². The third-order valence-electron chi connectivity index (χ3n) is 7.60. The zero-order valence-corrected chi connectivity index (χ0v) is 29.5. The van der Waals surface area contributed by atoms with Crippen molar-refractivity contribution in [1.29, 1.82) is 0 Å². The molecular formula is C34H49LiSi3. The fourth-order valence-corrected chi connectivity index (χ4v) is 25.5. The molecule has 3 aromatic carbocycles. The van der Waals surface area contributed by atoms with E-state index in [0.717, 1.165) is 0 Å². The van der Waals surface area contributed by atoms with Gasteiger partial charge in [-0.3, -0.25) is 7.83 Å². The van der Waals surface area contributed by atoms with Crippen LogP contribution in [0.3, 0.4) is 0 Å². The van der Waals surface area contributed by atoms with Crippen LogP contribution in [0.1, 0.15) is 101 Å². The van der Waals surface area contributed by atoms with Crippen molar-refractivity contribution < 1.29 is 18.9 Å². The average molecular weight is 549 g/mol. The SMILES string of the molecule is CC(C)c1cccc(C(C)C)c1-c1cccc(-c2c(C(C)C)cccc2C(C)C)c1[Si-]([Si](C)C)[Si](C)C.[Li+]. The van der Waals surface area contributed by atoms with Crippen molar-refractivity contribution >= 4 is 29.6 Å². The maximum atomic E-state index is 2.59. The van der Waals surface area contributed by atoms with Crippen LogP contribution in [0.15, 0.2) is 54.6 Å². The van der Waals surface area contributed by atoms with Crippen molar-refractivity contribution in [3.8, 4) is 22.3 Å². The second-order valence-electron chi connectivity index (χ2n) is 12.3. The zero-order valence-electron chi connectivity index (χ0n) is 26.5. The second kappa shape index (κ2) is 14.0. The first-order valence-electron chi connectivity index (χ1n) is 14.3. The molecule has 0 aliphatic carbocycles. The van der Waals surface area contributed by atoms with Crippen LogP contribution in [0.4, 0.5) is 0 Å². The van der Waals surface area contributed by atoms with Gasteiger partial charge in [-0.2, -0.15) is 5.19 Å². The van der Waals surface area contributed by atoms with Crippen LogP contribution < -0.4 is 24.0 Å².